The van der Waals surface area contributed by atoms with Crippen LogP contribution in [0.3, 0.4) is 0 Å². The number of likely N-dealkylation sites (N-methyl/N-ethyl adjacent to an activating group) is 1. The maximum atomic E-state index is 3.62. The highest BCUT2D eigenvalue weighted by Gasteiger charge is 2.28. The molecule has 1 saturated heterocycles. The van der Waals surface area contributed by atoms with Gasteiger partial charge in [-0.2, -0.15) is 0 Å². The zero-order valence-corrected chi connectivity index (χ0v) is 13.3. The van der Waals surface area contributed by atoms with Crippen molar-refractivity contribution in [2.24, 2.45) is 11.8 Å². The molecular formula is C17H33N3. The summed E-state index contributed by atoms with van der Waals surface area (Å²) in [6.07, 6.45) is 10.3. The normalized spacial score (nSPS) is 28.6. The molecule has 2 aliphatic carbocycles. The van der Waals surface area contributed by atoms with E-state index in [9.17, 15) is 0 Å². The molecule has 3 nitrogen and oxygen atoms in total. The third-order valence-corrected chi connectivity index (χ3v) is 5.72. The monoisotopic (exact) mass is 279 g/mol. The molecule has 0 aromatic heterocycles. The van der Waals surface area contributed by atoms with E-state index in [1.165, 1.54) is 84.2 Å². The van der Waals surface area contributed by atoms with Gasteiger partial charge in [0.1, 0.15) is 0 Å². The topological polar surface area (TPSA) is 18.5 Å². The Kier molecular flexibility index (Phi) is 5.36. The minimum absolute atomic E-state index is 0.727. The molecule has 1 unspecified atom stereocenters. The molecule has 2 saturated carbocycles. The van der Waals surface area contributed by atoms with E-state index in [-0.39, 0.29) is 0 Å². The van der Waals surface area contributed by atoms with Crippen molar-refractivity contribution in [2.75, 3.05) is 46.3 Å². The van der Waals surface area contributed by atoms with Crippen molar-refractivity contribution < 1.29 is 0 Å². The number of nitrogens with zero attached hydrogens (tertiary/aromatic N) is 2. The number of hydrogen-bond acceptors (Lipinski definition) is 3. The van der Waals surface area contributed by atoms with Crippen LogP contribution in [0, 0.1) is 11.8 Å². The van der Waals surface area contributed by atoms with E-state index < -0.39 is 0 Å². The largest absolute Gasteiger partial charge is 0.315 e. The Labute approximate surface area is 125 Å². The van der Waals surface area contributed by atoms with Gasteiger partial charge in [-0.1, -0.05) is 19.3 Å². The summed E-state index contributed by atoms with van der Waals surface area (Å²) in [5.74, 6) is 1.98. The van der Waals surface area contributed by atoms with Crippen LogP contribution in [0.25, 0.3) is 0 Å². The molecule has 3 rings (SSSR count). The van der Waals surface area contributed by atoms with Gasteiger partial charge < -0.3 is 10.2 Å². The Morgan fingerprint density at radius 2 is 1.55 bits per heavy atom. The summed E-state index contributed by atoms with van der Waals surface area (Å²) >= 11 is 0. The first kappa shape index (κ1) is 14.8. The van der Waals surface area contributed by atoms with E-state index in [0.717, 1.165) is 17.9 Å². The standard InChI is InChI=1S/C17H33N3/c1-18-17(16-5-3-2-4-6-16)14-20-11-9-19(10-12-20)13-15-7-8-15/h15-18H,2-14H2,1H3. The Bertz CT molecular complexity index is 276. The fraction of sp³-hybridized carbons (Fsp3) is 1.00. The van der Waals surface area contributed by atoms with E-state index in [1.54, 1.807) is 0 Å². The molecule has 0 radical (unpaired) electrons. The van der Waals surface area contributed by atoms with E-state index in [0.29, 0.717) is 0 Å². The van der Waals surface area contributed by atoms with Gasteiger partial charge in [0.25, 0.3) is 0 Å². The molecule has 1 aliphatic heterocycles. The summed E-state index contributed by atoms with van der Waals surface area (Å²) in [6, 6.07) is 0.727. The predicted molar refractivity (Wildman–Crippen MR) is 85.0 cm³/mol. The van der Waals surface area contributed by atoms with Crippen LogP contribution in [0.15, 0.2) is 0 Å². The van der Waals surface area contributed by atoms with Crippen LogP contribution in [0.5, 0.6) is 0 Å². The SMILES string of the molecule is CNC(CN1CCN(CC2CC2)CC1)C1CCCCC1. The average molecular weight is 279 g/mol. The van der Waals surface area contributed by atoms with Gasteiger partial charge in [-0.05, 0) is 44.6 Å². The number of rotatable bonds is 6. The first-order chi connectivity index (χ1) is 9.85. The Morgan fingerprint density at radius 3 is 2.15 bits per heavy atom. The Balaban J connectivity index is 1.40. The molecule has 20 heavy (non-hydrogen) atoms. The number of nitrogens with one attached hydrogen (secondary N) is 1. The molecule has 0 aromatic rings. The van der Waals surface area contributed by atoms with Crippen molar-refractivity contribution in [1.29, 1.82) is 0 Å². The predicted octanol–water partition coefficient (Wildman–Crippen LogP) is 2.18. The van der Waals surface area contributed by atoms with Gasteiger partial charge in [0, 0.05) is 45.3 Å². The second-order valence-corrected chi connectivity index (χ2v) is 7.34. The Hall–Kier alpha value is -0.120. The summed E-state index contributed by atoms with van der Waals surface area (Å²) in [5, 5.41) is 3.62. The van der Waals surface area contributed by atoms with Crippen LogP contribution in [-0.2, 0) is 0 Å². The summed E-state index contributed by atoms with van der Waals surface area (Å²) < 4.78 is 0. The van der Waals surface area contributed by atoms with Gasteiger partial charge in [-0.15, -0.1) is 0 Å². The van der Waals surface area contributed by atoms with Crippen molar-refractivity contribution >= 4 is 0 Å². The first-order valence-electron chi connectivity index (χ1n) is 8.97. The molecule has 1 atom stereocenters. The molecule has 0 bridgehead atoms. The van der Waals surface area contributed by atoms with Gasteiger partial charge in [0.15, 0.2) is 0 Å². The molecular weight excluding hydrogens is 246 g/mol. The molecule has 3 aliphatic rings. The van der Waals surface area contributed by atoms with Gasteiger partial charge in [0.05, 0.1) is 0 Å². The molecule has 1 N–H and O–H groups in total. The first-order valence-corrected chi connectivity index (χ1v) is 8.97. The van der Waals surface area contributed by atoms with Gasteiger partial charge in [0.2, 0.25) is 0 Å². The molecule has 3 fully saturated rings. The minimum atomic E-state index is 0.727. The van der Waals surface area contributed by atoms with Crippen molar-refractivity contribution in [3.8, 4) is 0 Å². The lowest BCUT2D eigenvalue weighted by atomic mass is 9.83. The number of piperazine rings is 1. The van der Waals surface area contributed by atoms with E-state index in [1.807, 2.05) is 0 Å². The van der Waals surface area contributed by atoms with Crippen LogP contribution in [-0.4, -0.2) is 62.2 Å². The molecule has 1 heterocycles. The second kappa shape index (κ2) is 7.24. The van der Waals surface area contributed by atoms with Crippen molar-refractivity contribution in [2.45, 2.75) is 51.0 Å². The third kappa shape index (κ3) is 4.19. The van der Waals surface area contributed by atoms with Crippen molar-refractivity contribution in [3.63, 3.8) is 0 Å². The molecule has 0 aromatic carbocycles. The van der Waals surface area contributed by atoms with E-state index in [2.05, 4.69) is 22.2 Å². The molecule has 3 heteroatoms. The molecule has 0 spiro atoms. The molecule has 116 valence electrons. The Morgan fingerprint density at radius 1 is 0.900 bits per heavy atom. The smallest absolute Gasteiger partial charge is 0.0220 e. The highest BCUT2D eigenvalue weighted by molar-refractivity contribution is 4.85. The van der Waals surface area contributed by atoms with Crippen molar-refractivity contribution in [3.05, 3.63) is 0 Å². The van der Waals surface area contributed by atoms with E-state index in [4.69, 9.17) is 0 Å². The lowest BCUT2D eigenvalue weighted by Gasteiger charge is -2.39. The van der Waals surface area contributed by atoms with Gasteiger partial charge in [-0.3, -0.25) is 4.90 Å². The maximum Gasteiger partial charge on any atom is 0.0220 e. The maximum absolute atomic E-state index is 3.62. The van der Waals surface area contributed by atoms with Crippen LogP contribution in [0.4, 0.5) is 0 Å². The third-order valence-electron chi connectivity index (χ3n) is 5.72. The van der Waals surface area contributed by atoms with Crippen LogP contribution >= 0.6 is 0 Å². The number of hydrogen-bond donors (Lipinski definition) is 1. The fourth-order valence-corrected chi connectivity index (χ4v) is 4.11. The van der Waals surface area contributed by atoms with Crippen LogP contribution < -0.4 is 5.32 Å². The highest BCUT2D eigenvalue weighted by Crippen LogP contribution is 2.30. The zero-order chi connectivity index (χ0) is 13.8. The van der Waals surface area contributed by atoms with Crippen LogP contribution in [0.1, 0.15) is 44.9 Å². The zero-order valence-electron chi connectivity index (χ0n) is 13.3. The summed E-state index contributed by atoms with van der Waals surface area (Å²) in [5.41, 5.74) is 0. The van der Waals surface area contributed by atoms with Crippen LogP contribution in [0.2, 0.25) is 0 Å². The fourth-order valence-electron chi connectivity index (χ4n) is 4.11. The lowest BCUT2D eigenvalue weighted by molar-refractivity contribution is 0.107. The summed E-state index contributed by atoms with van der Waals surface area (Å²) in [4.78, 5) is 5.41. The second-order valence-electron chi connectivity index (χ2n) is 7.34. The molecule has 0 amide bonds. The average Bonchev–Trinajstić information content (AvgIpc) is 3.31. The van der Waals surface area contributed by atoms with Gasteiger partial charge in [-0.25, -0.2) is 0 Å². The van der Waals surface area contributed by atoms with Gasteiger partial charge >= 0.3 is 0 Å². The minimum Gasteiger partial charge on any atom is -0.315 e. The van der Waals surface area contributed by atoms with Crippen molar-refractivity contribution in [1.82, 2.24) is 15.1 Å². The summed E-state index contributed by atoms with van der Waals surface area (Å²) in [7, 11) is 2.17. The summed E-state index contributed by atoms with van der Waals surface area (Å²) in [6.45, 7) is 7.84. The quantitative estimate of drug-likeness (QED) is 0.804. The van der Waals surface area contributed by atoms with E-state index >= 15 is 0 Å². The lowest BCUT2D eigenvalue weighted by Crippen LogP contribution is -2.52. The highest BCUT2D eigenvalue weighted by atomic mass is 15.3.